The highest BCUT2D eigenvalue weighted by atomic mass is 16.6. The van der Waals surface area contributed by atoms with Crippen LogP contribution in [-0.4, -0.2) is 37.8 Å². The summed E-state index contributed by atoms with van der Waals surface area (Å²) in [5, 5.41) is 10.6. The molecular weight excluding hydrogens is 440 g/mol. The molecule has 0 atom stereocenters. The third kappa shape index (κ3) is 4.01. The number of benzene rings is 3. The predicted octanol–water partition coefficient (Wildman–Crippen LogP) is 4.21. The number of fused-ring (bicyclic) bond motifs is 2. The summed E-state index contributed by atoms with van der Waals surface area (Å²) in [7, 11) is 1.56. The first-order valence-corrected chi connectivity index (χ1v) is 10.5. The van der Waals surface area contributed by atoms with E-state index in [4.69, 9.17) is 23.4 Å². The summed E-state index contributed by atoms with van der Waals surface area (Å²) < 4.78 is 27.3. The molecule has 0 saturated heterocycles. The van der Waals surface area contributed by atoms with Crippen molar-refractivity contribution in [3.05, 3.63) is 76.6 Å². The molecule has 1 aliphatic heterocycles. The maximum atomic E-state index is 13.0. The zero-order valence-electron chi connectivity index (χ0n) is 18.2. The molecule has 0 bridgehead atoms. The molecule has 0 unspecified atom stereocenters. The van der Waals surface area contributed by atoms with Crippen LogP contribution in [0.5, 0.6) is 28.7 Å². The fraction of sp³-hybridized carbons (Fsp3) is 0.154. The topological polar surface area (TPSA) is 104 Å². The molecular formula is C26H20O8. The van der Waals surface area contributed by atoms with Crippen LogP contribution in [0.15, 0.2) is 70.1 Å². The van der Waals surface area contributed by atoms with Gasteiger partial charge >= 0.3 is 0 Å². The van der Waals surface area contributed by atoms with Crippen molar-refractivity contribution >= 4 is 16.8 Å². The standard InChI is InChI=1S/C26H20O8/c1-30-17-5-2-15(3-6-17)19-13-34-24-12-18(11-20(27)25(24)26(19)29)33-14-21(28)16-4-7-22-23(10-16)32-9-8-31-22/h2-7,10-13,27H,8-9,14H2,1H3. The highest BCUT2D eigenvalue weighted by Gasteiger charge is 2.17. The lowest BCUT2D eigenvalue weighted by molar-refractivity contribution is 0.0920. The van der Waals surface area contributed by atoms with E-state index in [1.165, 1.54) is 18.4 Å². The molecule has 3 aromatic carbocycles. The molecule has 34 heavy (non-hydrogen) atoms. The Labute approximate surface area is 193 Å². The van der Waals surface area contributed by atoms with Crippen molar-refractivity contribution in [3.63, 3.8) is 0 Å². The van der Waals surface area contributed by atoms with Crippen molar-refractivity contribution in [2.45, 2.75) is 0 Å². The quantitative estimate of drug-likeness (QED) is 0.427. The molecule has 1 aromatic heterocycles. The number of Topliss-reactive ketones (excluding diaryl/α,β-unsaturated/α-hetero) is 1. The van der Waals surface area contributed by atoms with Gasteiger partial charge in [-0.15, -0.1) is 0 Å². The van der Waals surface area contributed by atoms with E-state index in [1.807, 2.05) is 0 Å². The van der Waals surface area contributed by atoms with E-state index >= 15 is 0 Å². The number of ketones is 1. The van der Waals surface area contributed by atoms with Gasteiger partial charge < -0.3 is 28.5 Å². The number of carbonyl (C=O) groups is 1. The van der Waals surface area contributed by atoms with Gasteiger partial charge in [-0.1, -0.05) is 12.1 Å². The molecule has 0 saturated carbocycles. The van der Waals surface area contributed by atoms with Crippen LogP contribution in [0.2, 0.25) is 0 Å². The second-order valence-corrected chi connectivity index (χ2v) is 7.59. The van der Waals surface area contributed by atoms with E-state index in [1.54, 1.807) is 49.6 Å². The second kappa shape index (κ2) is 8.82. The lowest BCUT2D eigenvalue weighted by Gasteiger charge is -2.18. The first-order chi connectivity index (χ1) is 16.5. The van der Waals surface area contributed by atoms with Gasteiger partial charge in [0.2, 0.25) is 5.43 Å². The van der Waals surface area contributed by atoms with E-state index < -0.39 is 0 Å². The third-order valence-corrected chi connectivity index (χ3v) is 5.47. The Morgan fingerprint density at radius 1 is 0.971 bits per heavy atom. The highest BCUT2D eigenvalue weighted by Crippen LogP contribution is 2.32. The number of methoxy groups -OCH3 is 1. The zero-order valence-corrected chi connectivity index (χ0v) is 18.2. The van der Waals surface area contributed by atoms with Gasteiger partial charge in [-0.2, -0.15) is 0 Å². The van der Waals surface area contributed by atoms with Crippen molar-refractivity contribution in [1.82, 2.24) is 0 Å². The fourth-order valence-corrected chi connectivity index (χ4v) is 3.71. The number of phenolic OH excluding ortho intramolecular Hbond substituents is 1. The van der Waals surface area contributed by atoms with Crippen molar-refractivity contribution in [2.24, 2.45) is 0 Å². The molecule has 172 valence electrons. The Bertz CT molecular complexity index is 1440. The van der Waals surface area contributed by atoms with E-state index in [9.17, 15) is 14.7 Å². The van der Waals surface area contributed by atoms with E-state index in [0.29, 0.717) is 47.2 Å². The zero-order chi connectivity index (χ0) is 23.7. The molecule has 0 amide bonds. The van der Waals surface area contributed by atoms with E-state index in [-0.39, 0.29) is 40.3 Å². The Morgan fingerprint density at radius 2 is 1.74 bits per heavy atom. The SMILES string of the molecule is COc1ccc(-c2coc3cc(OCC(=O)c4ccc5c(c4)OCCO5)cc(O)c3c2=O)cc1. The molecule has 1 aliphatic rings. The monoisotopic (exact) mass is 460 g/mol. The van der Waals surface area contributed by atoms with Crippen LogP contribution in [-0.2, 0) is 0 Å². The fourth-order valence-electron chi connectivity index (χ4n) is 3.71. The molecule has 2 heterocycles. The summed E-state index contributed by atoms with van der Waals surface area (Å²) in [6.45, 7) is 0.605. The summed E-state index contributed by atoms with van der Waals surface area (Å²) in [6.07, 6.45) is 1.33. The van der Waals surface area contributed by atoms with Crippen LogP contribution in [0.3, 0.4) is 0 Å². The molecule has 4 aromatic rings. The number of carbonyl (C=O) groups excluding carboxylic acids is 1. The minimum absolute atomic E-state index is 0.0267. The molecule has 0 radical (unpaired) electrons. The van der Waals surface area contributed by atoms with Gasteiger partial charge in [0, 0.05) is 17.7 Å². The summed E-state index contributed by atoms with van der Waals surface area (Å²) in [5.41, 5.74) is 1.09. The summed E-state index contributed by atoms with van der Waals surface area (Å²) >= 11 is 0. The lowest BCUT2D eigenvalue weighted by atomic mass is 10.0. The largest absolute Gasteiger partial charge is 0.507 e. The van der Waals surface area contributed by atoms with E-state index in [0.717, 1.165) is 0 Å². The van der Waals surface area contributed by atoms with Gasteiger partial charge in [0.1, 0.15) is 47.7 Å². The van der Waals surface area contributed by atoms with Crippen LogP contribution in [0.1, 0.15) is 10.4 Å². The smallest absolute Gasteiger partial charge is 0.204 e. The molecule has 8 heteroatoms. The van der Waals surface area contributed by atoms with E-state index in [2.05, 4.69) is 0 Å². The lowest BCUT2D eigenvalue weighted by Crippen LogP contribution is -2.17. The number of hydrogen-bond donors (Lipinski definition) is 1. The van der Waals surface area contributed by atoms with Gasteiger partial charge in [0.25, 0.3) is 0 Å². The van der Waals surface area contributed by atoms with Gasteiger partial charge in [0.05, 0.1) is 12.7 Å². The minimum atomic E-state index is -0.386. The minimum Gasteiger partial charge on any atom is -0.507 e. The van der Waals surface area contributed by atoms with Gasteiger partial charge in [-0.25, -0.2) is 0 Å². The predicted molar refractivity (Wildman–Crippen MR) is 123 cm³/mol. The van der Waals surface area contributed by atoms with Crippen LogP contribution in [0.25, 0.3) is 22.1 Å². The number of rotatable bonds is 6. The Balaban J connectivity index is 1.37. The average molecular weight is 460 g/mol. The van der Waals surface area contributed by atoms with Crippen molar-refractivity contribution in [3.8, 4) is 39.9 Å². The summed E-state index contributed by atoms with van der Waals surface area (Å²) in [6, 6.07) is 14.6. The first-order valence-electron chi connectivity index (χ1n) is 10.5. The third-order valence-electron chi connectivity index (χ3n) is 5.47. The van der Waals surface area contributed by atoms with Crippen LogP contribution < -0.4 is 24.4 Å². The Morgan fingerprint density at radius 3 is 2.50 bits per heavy atom. The maximum Gasteiger partial charge on any atom is 0.204 e. The van der Waals surface area contributed by atoms with Gasteiger partial charge in [0.15, 0.2) is 23.9 Å². The normalized spacial score (nSPS) is 12.4. The molecule has 5 rings (SSSR count). The van der Waals surface area contributed by atoms with Crippen molar-refractivity contribution < 1.29 is 33.3 Å². The molecule has 1 N–H and O–H groups in total. The van der Waals surface area contributed by atoms with Gasteiger partial charge in [-0.05, 0) is 35.9 Å². The molecule has 8 nitrogen and oxygen atoms in total. The number of aromatic hydroxyl groups is 1. The summed E-state index contributed by atoms with van der Waals surface area (Å²) in [5.74, 6) is 1.36. The number of phenols is 1. The first kappa shape index (κ1) is 21.4. The van der Waals surface area contributed by atoms with Crippen LogP contribution in [0, 0.1) is 0 Å². The van der Waals surface area contributed by atoms with Crippen LogP contribution >= 0.6 is 0 Å². The highest BCUT2D eigenvalue weighted by molar-refractivity contribution is 5.98. The second-order valence-electron chi connectivity index (χ2n) is 7.59. The Hall–Kier alpha value is -4.46. The Kier molecular flexibility index (Phi) is 5.55. The maximum absolute atomic E-state index is 13.0. The van der Waals surface area contributed by atoms with Crippen molar-refractivity contribution in [2.75, 3.05) is 26.9 Å². The van der Waals surface area contributed by atoms with Gasteiger partial charge in [-0.3, -0.25) is 9.59 Å². The molecule has 0 spiro atoms. The molecule has 0 fully saturated rings. The summed E-state index contributed by atoms with van der Waals surface area (Å²) in [4.78, 5) is 25.6. The van der Waals surface area contributed by atoms with Crippen molar-refractivity contribution in [1.29, 1.82) is 0 Å². The number of ether oxygens (including phenoxy) is 4. The van der Waals surface area contributed by atoms with Crippen LogP contribution in [0.4, 0.5) is 0 Å². The number of hydrogen-bond acceptors (Lipinski definition) is 8. The molecule has 0 aliphatic carbocycles. The average Bonchev–Trinajstić information content (AvgIpc) is 2.87.